The van der Waals surface area contributed by atoms with Crippen LogP contribution in [-0.4, -0.2) is 38.7 Å². The van der Waals surface area contributed by atoms with Crippen molar-refractivity contribution in [3.05, 3.63) is 23.4 Å². The summed E-state index contributed by atoms with van der Waals surface area (Å²) < 4.78 is 24.0. The minimum absolute atomic E-state index is 0.146. The van der Waals surface area contributed by atoms with Crippen molar-refractivity contribution in [2.75, 3.05) is 25.1 Å². The van der Waals surface area contributed by atoms with Crippen LogP contribution in [-0.2, 0) is 16.4 Å². The molecule has 1 amide bonds. The van der Waals surface area contributed by atoms with Gasteiger partial charge in [0.1, 0.15) is 5.82 Å². The van der Waals surface area contributed by atoms with Crippen LogP contribution in [0.25, 0.3) is 0 Å². The summed E-state index contributed by atoms with van der Waals surface area (Å²) in [5.74, 6) is 0.00196. The molecule has 112 valence electrons. The maximum atomic E-state index is 11.9. The average Bonchev–Trinajstić information content (AvgIpc) is 2.33. The second-order valence-electron chi connectivity index (χ2n) is 4.44. The van der Waals surface area contributed by atoms with E-state index in [1.165, 1.54) is 6.07 Å². The first kappa shape index (κ1) is 16.4. The molecule has 7 nitrogen and oxygen atoms in total. The summed E-state index contributed by atoms with van der Waals surface area (Å²) in [6.45, 7) is 2.37. The van der Waals surface area contributed by atoms with Crippen molar-refractivity contribution in [1.82, 2.24) is 15.0 Å². The summed E-state index contributed by atoms with van der Waals surface area (Å²) >= 11 is 0. The van der Waals surface area contributed by atoms with E-state index in [0.717, 1.165) is 24.8 Å². The second-order valence-corrected chi connectivity index (χ2v) is 6.28. The lowest BCUT2D eigenvalue weighted by Gasteiger charge is -2.08. The van der Waals surface area contributed by atoms with Crippen molar-refractivity contribution in [3.63, 3.8) is 0 Å². The number of hydrogen-bond donors (Lipinski definition) is 3. The molecule has 20 heavy (non-hydrogen) atoms. The first-order chi connectivity index (χ1) is 9.31. The number of aryl methyl sites for hydroxylation is 1. The number of rotatable bonds is 7. The highest BCUT2D eigenvalue weighted by Crippen LogP contribution is 2.09. The predicted octanol–water partition coefficient (Wildman–Crippen LogP) is -0.105. The van der Waals surface area contributed by atoms with E-state index in [9.17, 15) is 13.2 Å². The molecule has 8 heteroatoms. The van der Waals surface area contributed by atoms with Crippen LogP contribution in [0.3, 0.4) is 0 Å². The Morgan fingerprint density at radius 3 is 2.65 bits per heavy atom. The van der Waals surface area contributed by atoms with Crippen LogP contribution in [0.4, 0.5) is 5.82 Å². The van der Waals surface area contributed by atoms with Crippen molar-refractivity contribution in [1.29, 1.82) is 0 Å². The monoisotopic (exact) mass is 300 g/mol. The fourth-order valence-corrected chi connectivity index (χ4v) is 2.11. The van der Waals surface area contributed by atoms with Crippen LogP contribution >= 0.6 is 0 Å². The largest absolute Gasteiger partial charge is 0.384 e. The number of pyridine rings is 1. The van der Waals surface area contributed by atoms with Crippen LogP contribution in [0.5, 0.6) is 0 Å². The zero-order chi connectivity index (χ0) is 15.2. The summed E-state index contributed by atoms with van der Waals surface area (Å²) in [5.41, 5.74) is 6.86. The molecule has 1 aromatic rings. The Bertz CT molecular complexity index is 572. The smallest absolute Gasteiger partial charge is 0.251 e. The molecule has 0 saturated carbocycles. The topological polar surface area (TPSA) is 114 Å². The van der Waals surface area contributed by atoms with E-state index in [-0.39, 0.29) is 19.0 Å². The van der Waals surface area contributed by atoms with Gasteiger partial charge in [0.05, 0.1) is 6.26 Å². The Balaban J connectivity index is 2.59. The molecule has 0 atom stereocenters. The molecule has 0 aliphatic carbocycles. The molecule has 1 rings (SSSR count). The van der Waals surface area contributed by atoms with Gasteiger partial charge in [-0.25, -0.2) is 18.1 Å². The first-order valence-electron chi connectivity index (χ1n) is 6.31. The van der Waals surface area contributed by atoms with Crippen molar-refractivity contribution >= 4 is 21.7 Å². The predicted molar refractivity (Wildman–Crippen MR) is 77.8 cm³/mol. The van der Waals surface area contributed by atoms with Crippen LogP contribution in [0.1, 0.15) is 29.4 Å². The van der Waals surface area contributed by atoms with Crippen molar-refractivity contribution < 1.29 is 13.2 Å². The quantitative estimate of drug-likeness (QED) is 0.608. The number of nitrogen functional groups attached to an aromatic ring is 1. The fourth-order valence-electron chi connectivity index (χ4n) is 1.64. The summed E-state index contributed by atoms with van der Waals surface area (Å²) in [4.78, 5) is 16.0. The lowest BCUT2D eigenvalue weighted by atomic mass is 10.1. The molecule has 1 heterocycles. The van der Waals surface area contributed by atoms with Crippen molar-refractivity contribution in [2.24, 2.45) is 0 Å². The number of nitrogens with two attached hydrogens (primary N) is 1. The minimum Gasteiger partial charge on any atom is -0.384 e. The van der Waals surface area contributed by atoms with E-state index >= 15 is 0 Å². The van der Waals surface area contributed by atoms with Crippen LogP contribution in [0, 0.1) is 0 Å². The highest BCUT2D eigenvalue weighted by Gasteiger charge is 2.08. The van der Waals surface area contributed by atoms with Gasteiger partial charge in [-0.05, 0) is 18.6 Å². The molecule has 0 saturated heterocycles. The molecule has 0 aromatic carbocycles. The molecule has 0 aliphatic rings. The number of carbonyl (C=O) groups excluding carboxylic acids is 1. The van der Waals surface area contributed by atoms with Gasteiger partial charge in [0.25, 0.3) is 5.91 Å². The maximum Gasteiger partial charge on any atom is 0.251 e. The number of carbonyl (C=O) groups is 1. The van der Waals surface area contributed by atoms with Gasteiger partial charge >= 0.3 is 0 Å². The number of nitrogens with one attached hydrogen (secondary N) is 2. The lowest BCUT2D eigenvalue weighted by Crippen LogP contribution is -2.34. The zero-order valence-corrected chi connectivity index (χ0v) is 12.5. The molecule has 0 aliphatic heterocycles. The van der Waals surface area contributed by atoms with E-state index in [4.69, 9.17) is 5.73 Å². The zero-order valence-electron chi connectivity index (χ0n) is 11.6. The van der Waals surface area contributed by atoms with Crippen molar-refractivity contribution in [2.45, 2.75) is 19.8 Å². The normalized spacial score (nSPS) is 11.3. The van der Waals surface area contributed by atoms with E-state index in [0.29, 0.717) is 11.4 Å². The number of sulfonamides is 1. The average molecular weight is 300 g/mol. The third kappa shape index (κ3) is 5.98. The summed E-state index contributed by atoms with van der Waals surface area (Å²) in [7, 11) is -3.24. The number of anilines is 1. The molecule has 0 fully saturated rings. The standard InChI is InChI=1S/C12H20N4O3S/c1-3-4-10-7-9(8-11(13)16-10)12(17)14-5-6-15-20(2,18)19/h7-8,15H,3-6H2,1-2H3,(H2,13,16)(H,14,17). The Morgan fingerprint density at radius 1 is 1.35 bits per heavy atom. The molecular formula is C12H20N4O3S. The number of nitrogens with zero attached hydrogens (tertiary/aromatic N) is 1. The van der Waals surface area contributed by atoms with Gasteiger partial charge in [-0.15, -0.1) is 0 Å². The Labute approximate surface area is 119 Å². The summed E-state index contributed by atoms with van der Waals surface area (Å²) in [6.07, 6.45) is 2.73. The molecule has 0 bridgehead atoms. The minimum atomic E-state index is -3.24. The van der Waals surface area contributed by atoms with Gasteiger partial charge in [-0.1, -0.05) is 13.3 Å². The Kier molecular flexibility index (Phi) is 5.90. The molecule has 0 spiro atoms. The van der Waals surface area contributed by atoms with E-state index in [1.54, 1.807) is 6.07 Å². The molecule has 0 unspecified atom stereocenters. The molecule has 0 radical (unpaired) electrons. The third-order valence-corrected chi connectivity index (χ3v) is 3.17. The van der Waals surface area contributed by atoms with Crippen LogP contribution in [0.15, 0.2) is 12.1 Å². The van der Waals surface area contributed by atoms with Gasteiger partial charge in [0.2, 0.25) is 10.0 Å². The second kappa shape index (κ2) is 7.20. The van der Waals surface area contributed by atoms with Gasteiger partial charge in [-0.3, -0.25) is 4.79 Å². The molecule has 4 N–H and O–H groups in total. The van der Waals surface area contributed by atoms with Gasteiger partial charge in [0, 0.05) is 24.3 Å². The van der Waals surface area contributed by atoms with Gasteiger partial charge in [-0.2, -0.15) is 0 Å². The Hall–Kier alpha value is -1.67. The number of amides is 1. The third-order valence-electron chi connectivity index (χ3n) is 2.44. The summed E-state index contributed by atoms with van der Waals surface area (Å²) in [6, 6.07) is 3.19. The highest BCUT2D eigenvalue weighted by molar-refractivity contribution is 7.88. The van der Waals surface area contributed by atoms with Crippen LogP contribution < -0.4 is 15.8 Å². The van der Waals surface area contributed by atoms with E-state index < -0.39 is 10.0 Å². The number of hydrogen-bond acceptors (Lipinski definition) is 5. The lowest BCUT2D eigenvalue weighted by molar-refractivity contribution is 0.0954. The molecule has 1 aromatic heterocycles. The molecular weight excluding hydrogens is 280 g/mol. The first-order valence-corrected chi connectivity index (χ1v) is 8.20. The Morgan fingerprint density at radius 2 is 2.05 bits per heavy atom. The van der Waals surface area contributed by atoms with Gasteiger partial charge in [0.15, 0.2) is 0 Å². The fraction of sp³-hybridized carbons (Fsp3) is 0.500. The highest BCUT2D eigenvalue weighted by atomic mass is 32.2. The summed E-state index contributed by atoms with van der Waals surface area (Å²) in [5, 5.41) is 2.62. The maximum absolute atomic E-state index is 11.9. The van der Waals surface area contributed by atoms with Crippen molar-refractivity contribution in [3.8, 4) is 0 Å². The SMILES string of the molecule is CCCc1cc(C(=O)NCCNS(C)(=O)=O)cc(N)n1. The van der Waals surface area contributed by atoms with E-state index in [1.807, 2.05) is 6.92 Å². The number of aromatic nitrogens is 1. The van der Waals surface area contributed by atoms with E-state index in [2.05, 4.69) is 15.0 Å². The van der Waals surface area contributed by atoms with Crippen LogP contribution in [0.2, 0.25) is 0 Å². The van der Waals surface area contributed by atoms with Gasteiger partial charge < -0.3 is 11.1 Å².